The number of nitrogens with zero attached hydrogens (tertiary/aromatic N) is 4. The maximum atomic E-state index is 12.3. The minimum atomic E-state index is -1.15. The molecule has 0 atom stereocenters. The number of aromatic nitrogens is 4. The van der Waals surface area contributed by atoms with Crippen LogP contribution in [0, 0.1) is 0 Å². The summed E-state index contributed by atoms with van der Waals surface area (Å²) in [5.74, 6) is -1.07. The summed E-state index contributed by atoms with van der Waals surface area (Å²) in [7, 11) is 0. The van der Waals surface area contributed by atoms with E-state index in [1.807, 2.05) is 20.8 Å². The molecule has 0 aliphatic rings. The van der Waals surface area contributed by atoms with Gasteiger partial charge < -0.3 is 9.67 Å². The fraction of sp³-hybridized carbons (Fsp3) is 0.333. The molecule has 100 valence electrons. The van der Waals surface area contributed by atoms with Gasteiger partial charge in [-0.1, -0.05) is 0 Å². The second-order valence-electron chi connectivity index (χ2n) is 5.05. The van der Waals surface area contributed by atoms with Crippen molar-refractivity contribution in [2.24, 2.45) is 0 Å². The van der Waals surface area contributed by atoms with Crippen LogP contribution >= 0.6 is 0 Å². The Kier molecular flexibility index (Phi) is 2.97. The predicted octanol–water partition coefficient (Wildman–Crippen LogP) is 0.882. The molecule has 0 radical (unpaired) electrons. The van der Waals surface area contributed by atoms with Crippen LogP contribution in [0.2, 0.25) is 0 Å². The summed E-state index contributed by atoms with van der Waals surface area (Å²) in [6.45, 7) is 5.68. The van der Waals surface area contributed by atoms with Gasteiger partial charge in [0.2, 0.25) is 5.82 Å². The molecule has 0 bridgehead atoms. The molecule has 7 heteroatoms. The van der Waals surface area contributed by atoms with Crippen LogP contribution in [0.5, 0.6) is 0 Å². The molecule has 2 heterocycles. The van der Waals surface area contributed by atoms with Gasteiger partial charge in [0.15, 0.2) is 5.69 Å². The molecule has 1 N–H and O–H groups in total. The summed E-state index contributed by atoms with van der Waals surface area (Å²) in [6.07, 6.45) is 4.48. The molecule has 0 saturated carbocycles. The standard InChI is InChI=1S/C12H14N4O3/c1-12(2,3)15-7-5-13-9(10(15)17)16-6-4-8(14-16)11(18)19/h4-7H,1-3H3,(H,18,19). The third-order valence-electron chi connectivity index (χ3n) is 2.57. The van der Waals surface area contributed by atoms with Crippen molar-refractivity contribution in [3.05, 3.63) is 40.7 Å². The molecule has 2 rings (SSSR count). The Morgan fingerprint density at radius 1 is 1.32 bits per heavy atom. The lowest BCUT2D eigenvalue weighted by Crippen LogP contribution is -2.36. The Hall–Kier alpha value is -2.44. The Morgan fingerprint density at radius 3 is 2.53 bits per heavy atom. The van der Waals surface area contributed by atoms with E-state index >= 15 is 0 Å². The Bertz CT molecular complexity index is 679. The van der Waals surface area contributed by atoms with E-state index in [4.69, 9.17) is 5.11 Å². The summed E-state index contributed by atoms with van der Waals surface area (Å²) in [5.41, 5.74) is -0.847. The van der Waals surface area contributed by atoms with E-state index in [1.54, 1.807) is 6.20 Å². The van der Waals surface area contributed by atoms with Gasteiger partial charge in [0.05, 0.1) is 0 Å². The Labute approximate surface area is 109 Å². The fourth-order valence-electron chi connectivity index (χ4n) is 1.64. The van der Waals surface area contributed by atoms with Crippen LogP contribution < -0.4 is 5.56 Å². The Morgan fingerprint density at radius 2 is 2.00 bits per heavy atom. The zero-order valence-corrected chi connectivity index (χ0v) is 10.9. The molecule has 2 aromatic rings. The van der Waals surface area contributed by atoms with Gasteiger partial charge in [-0.15, -0.1) is 0 Å². The van der Waals surface area contributed by atoms with E-state index in [9.17, 15) is 9.59 Å². The molecule has 0 fully saturated rings. The number of rotatable bonds is 2. The van der Waals surface area contributed by atoms with E-state index in [1.165, 1.54) is 27.7 Å². The minimum absolute atomic E-state index is 0.0740. The lowest BCUT2D eigenvalue weighted by molar-refractivity contribution is 0.0690. The first-order valence-corrected chi connectivity index (χ1v) is 5.68. The molecule has 0 spiro atoms. The molecule has 0 amide bonds. The van der Waals surface area contributed by atoms with Crippen LogP contribution in [0.1, 0.15) is 31.3 Å². The van der Waals surface area contributed by atoms with E-state index in [-0.39, 0.29) is 17.1 Å². The minimum Gasteiger partial charge on any atom is -0.476 e. The monoisotopic (exact) mass is 262 g/mol. The predicted molar refractivity (Wildman–Crippen MR) is 67.6 cm³/mol. The van der Waals surface area contributed by atoms with Crippen molar-refractivity contribution in [3.63, 3.8) is 0 Å². The summed E-state index contributed by atoms with van der Waals surface area (Å²) in [4.78, 5) is 27.0. The maximum absolute atomic E-state index is 12.3. The number of carboxylic acids is 1. The summed E-state index contributed by atoms with van der Waals surface area (Å²) in [5, 5.41) is 12.6. The maximum Gasteiger partial charge on any atom is 0.356 e. The van der Waals surface area contributed by atoms with Crippen LogP contribution in [0.15, 0.2) is 29.5 Å². The average molecular weight is 262 g/mol. The third kappa shape index (κ3) is 2.40. The molecule has 0 aliphatic carbocycles. The quantitative estimate of drug-likeness (QED) is 0.867. The smallest absolute Gasteiger partial charge is 0.356 e. The molecule has 0 aliphatic heterocycles. The molecule has 2 aromatic heterocycles. The molecule has 19 heavy (non-hydrogen) atoms. The van der Waals surface area contributed by atoms with Crippen LogP contribution in [-0.2, 0) is 5.54 Å². The van der Waals surface area contributed by atoms with Crippen LogP contribution in [0.4, 0.5) is 0 Å². The molecule has 0 unspecified atom stereocenters. The van der Waals surface area contributed by atoms with E-state index in [0.717, 1.165) is 0 Å². The number of aromatic carboxylic acids is 1. The van der Waals surface area contributed by atoms with Crippen LogP contribution in [0.3, 0.4) is 0 Å². The third-order valence-corrected chi connectivity index (χ3v) is 2.57. The number of carbonyl (C=O) groups is 1. The zero-order valence-electron chi connectivity index (χ0n) is 10.9. The highest BCUT2D eigenvalue weighted by Crippen LogP contribution is 2.10. The van der Waals surface area contributed by atoms with E-state index in [0.29, 0.717) is 0 Å². The first-order chi connectivity index (χ1) is 8.80. The molecule has 0 saturated heterocycles. The van der Waals surface area contributed by atoms with E-state index in [2.05, 4.69) is 10.1 Å². The fourth-order valence-corrected chi connectivity index (χ4v) is 1.64. The number of hydrogen-bond acceptors (Lipinski definition) is 4. The van der Waals surface area contributed by atoms with Crippen molar-refractivity contribution in [1.29, 1.82) is 0 Å². The summed E-state index contributed by atoms with van der Waals surface area (Å²) >= 11 is 0. The lowest BCUT2D eigenvalue weighted by atomic mass is 10.1. The number of hydrogen-bond donors (Lipinski definition) is 1. The average Bonchev–Trinajstić information content (AvgIpc) is 2.77. The summed E-state index contributed by atoms with van der Waals surface area (Å²) in [6, 6.07) is 1.32. The highest BCUT2D eigenvalue weighted by molar-refractivity contribution is 5.85. The van der Waals surface area contributed by atoms with Gasteiger partial charge in [-0.2, -0.15) is 5.10 Å². The van der Waals surface area contributed by atoms with Gasteiger partial charge in [0.1, 0.15) is 0 Å². The topological polar surface area (TPSA) is 90.0 Å². The van der Waals surface area contributed by atoms with Gasteiger partial charge >= 0.3 is 5.97 Å². The normalized spacial score (nSPS) is 11.5. The Balaban J connectivity index is 2.57. The highest BCUT2D eigenvalue weighted by Gasteiger charge is 2.18. The largest absolute Gasteiger partial charge is 0.476 e. The molecule has 0 aromatic carbocycles. The second kappa shape index (κ2) is 4.34. The van der Waals surface area contributed by atoms with Crippen molar-refractivity contribution in [2.75, 3.05) is 0 Å². The van der Waals surface area contributed by atoms with Crippen molar-refractivity contribution in [3.8, 4) is 5.82 Å². The van der Waals surface area contributed by atoms with Crippen LogP contribution in [0.25, 0.3) is 5.82 Å². The van der Waals surface area contributed by atoms with Gasteiger partial charge in [0, 0.05) is 24.1 Å². The van der Waals surface area contributed by atoms with Gasteiger partial charge in [0.25, 0.3) is 5.56 Å². The summed E-state index contributed by atoms with van der Waals surface area (Å²) < 4.78 is 2.70. The van der Waals surface area contributed by atoms with E-state index < -0.39 is 11.5 Å². The molecular weight excluding hydrogens is 248 g/mol. The van der Waals surface area contributed by atoms with Gasteiger partial charge in [-0.3, -0.25) is 4.79 Å². The van der Waals surface area contributed by atoms with Crippen molar-refractivity contribution in [1.82, 2.24) is 19.3 Å². The van der Waals surface area contributed by atoms with Gasteiger partial charge in [-0.25, -0.2) is 14.5 Å². The first kappa shape index (κ1) is 13.0. The molecular formula is C12H14N4O3. The van der Waals surface area contributed by atoms with Crippen molar-refractivity contribution < 1.29 is 9.90 Å². The second-order valence-corrected chi connectivity index (χ2v) is 5.05. The highest BCUT2D eigenvalue weighted by atomic mass is 16.4. The zero-order chi connectivity index (χ0) is 14.2. The number of carboxylic acid groups (broad SMARTS) is 1. The molecule has 7 nitrogen and oxygen atoms in total. The SMILES string of the molecule is CC(C)(C)n1ccnc(-n2ccc(C(=O)O)n2)c1=O. The lowest BCUT2D eigenvalue weighted by Gasteiger charge is -2.22. The van der Waals surface area contributed by atoms with Gasteiger partial charge in [-0.05, 0) is 26.8 Å². The van der Waals surface area contributed by atoms with Crippen molar-refractivity contribution in [2.45, 2.75) is 26.3 Å². The first-order valence-electron chi connectivity index (χ1n) is 5.68. The van der Waals surface area contributed by atoms with Crippen LogP contribution in [-0.4, -0.2) is 30.4 Å². The van der Waals surface area contributed by atoms with Crippen molar-refractivity contribution >= 4 is 5.97 Å².